The van der Waals surface area contributed by atoms with Crippen molar-refractivity contribution in [3.63, 3.8) is 0 Å². The molecule has 0 heterocycles. The molecule has 0 bridgehead atoms. The number of ether oxygens (including phenoxy) is 1. The van der Waals surface area contributed by atoms with Crippen LogP contribution in [0.4, 0.5) is 0 Å². The van der Waals surface area contributed by atoms with Gasteiger partial charge in [0.2, 0.25) is 10.0 Å². The summed E-state index contributed by atoms with van der Waals surface area (Å²) < 4.78 is 32.1. The van der Waals surface area contributed by atoms with Gasteiger partial charge in [-0.2, -0.15) is 4.31 Å². The van der Waals surface area contributed by atoms with Crippen LogP contribution in [-0.2, 0) is 21.3 Å². The Kier molecular flexibility index (Phi) is 8.19. The van der Waals surface area contributed by atoms with Crippen molar-refractivity contribution >= 4 is 27.5 Å². The Morgan fingerprint density at radius 1 is 1.18 bits per heavy atom. The zero-order valence-corrected chi connectivity index (χ0v) is 17.2. The zero-order chi connectivity index (χ0) is 20.6. The smallest absolute Gasteiger partial charge is 0.251 e. The van der Waals surface area contributed by atoms with E-state index < -0.39 is 10.0 Å². The first-order valence-electron chi connectivity index (χ1n) is 8.61. The summed E-state index contributed by atoms with van der Waals surface area (Å²) in [5.74, 6) is -0.208. The predicted octanol–water partition coefficient (Wildman–Crippen LogP) is 3.09. The van der Waals surface area contributed by atoms with Crippen LogP contribution < -0.4 is 5.32 Å². The first-order chi connectivity index (χ1) is 13.4. The lowest BCUT2D eigenvalue weighted by Crippen LogP contribution is -2.31. The van der Waals surface area contributed by atoms with Crippen LogP contribution in [0.15, 0.2) is 66.1 Å². The number of carbonyl (C=O) groups excluding carboxylic acids is 1. The second-order valence-electron chi connectivity index (χ2n) is 5.99. The average molecular weight is 423 g/mol. The summed E-state index contributed by atoms with van der Waals surface area (Å²) in [4.78, 5) is 12.2. The third kappa shape index (κ3) is 5.90. The van der Waals surface area contributed by atoms with E-state index >= 15 is 0 Å². The van der Waals surface area contributed by atoms with Crippen molar-refractivity contribution in [2.45, 2.75) is 11.4 Å². The highest BCUT2D eigenvalue weighted by Gasteiger charge is 2.23. The second kappa shape index (κ2) is 10.4. The minimum atomic E-state index is -3.71. The van der Waals surface area contributed by atoms with Gasteiger partial charge in [0.15, 0.2) is 0 Å². The Labute approximate surface area is 170 Å². The van der Waals surface area contributed by atoms with E-state index in [1.807, 2.05) is 0 Å². The molecule has 0 atom stereocenters. The normalized spacial score (nSPS) is 11.4. The van der Waals surface area contributed by atoms with Crippen LogP contribution in [-0.4, -0.2) is 45.4 Å². The SMILES string of the molecule is C=CCN(Cc1ccc(C(=O)NCCOC)cc1)S(=O)(=O)c1ccc(Cl)cc1. The number of hydrogen-bond donors (Lipinski definition) is 1. The quantitative estimate of drug-likeness (QED) is 0.471. The highest BCUT2D eigenvalue weighted by molar-refractivity contribution is 7.89. The van der Waals surface area contributed by atoms with Crippen LogP contribution in [0.3, 0.4) is 0 Å². The number of nitrogens with one attached hydrogen (secondary N) is 1. The maximum absolute atomic E-state index is 12.9. The number of benzene rings is 2. The van der Waals surface area contributed by atoms with Crippen LogP contribution in [0.25, 0.3) is 0 Å². The lowest BCUT2D eigenvalue weighted by Gasteiger charge is -2.21. The Hall–Kier alpha value is -2.19. The molecule has 28 heavy (non-hydrogen) atoms. The number of amides is 1. The van der Waals surface area contributed by atoms with Gasteiger partial charge in [-0.15, -0.1) is 6.58 Å². The molecule has 0 fully saturated rings. The van der Waals surface area contributed by atoms with Gasteiger partial charge in [-0.05, 0) is 42.0 Å². The van der Waals surface area contributed by atoms with E-state index in [-0.39, 0.29) is 23.9 Å². The third-order valence-corrected chi connectivity index (χ3v) is 6.03. The van der Waals surface area contributed by atoms with Gasteiger partial charge < -0.3 is 10.1 Å². The van der Waals surface area contributed by atoms with Gasteiger partial charge in [0.05, 0.1) is 11.5 Å². The van der Waals surface area contributed by atoms with Gasteiger partial charge in [0.25, 0.3) is 5.91 Å². The van der Waals surface area contributed by atoms with Crippen LogP contribution in [0.5, 0.6) is 0 Å². The van der Waals surface area contributed by atoms with Gasteiger partial charge in [-0.1, -0.05) is 29.8 Å². The highest BCUT2D eigenvalue weighted by atomic mass is 35.5. The standard InChI is InChI=1S/C20H23ClN2O4S/c1-3-13-23(28(25,26)19-10-8-18(21)9-11-19)15-16-4-6-17(7-5-16)20(24)22-12-14-27-2/h3-11H,1,12-15H2,2H3,(H,22,24). The Balaban J connectivity index is 2.14. The summed E-state index contributed by atoms with van der Waals surface area (Å²) in [5, 5.41) is 3.20. The largest absolute Gasteiger partial charge is 0.383 e. The lowest BCUT2D eigenvalue weighted by atomic mass is 10.1. The number of halogens is 1. The molecule has 6 nitrogen and oxygen atoms in total. The lowest BCUT2D eigenvalue weighted by molar-refractivity contribution is 0.0937. The molecule has 0 saturated heterocycles. The molecule has 150 valence electrons. The van der Waals surface area contributed by atoms with Crippen molar-refractivity contribution in [3.05, 3.63) is 77.3 Å². The molecule has 8 heteroatoms. The number of hydrogen-bond acceptors (Lipinski definition) is 4. The number of rotatable bonds is 10. The molecule has 0 saturated carbocycles. The summed E-state index contributed by atoms with van der Waals surface area (Å²) in [6.45, 7) is 4.81. The number of carbonyl (C=O) groups is 1. The van der Waals surface area contributed by atoms with Crippen molar-refractivity contribution in [2.24, 2.45) is 0 Å². The molecule has 0 aliphatic rings. The van der Waals surface area contributed by atoms with Crippen molar-refractivity contribution in [1.29, 1.82) is 0 Å². The summed E-state index contributed by atoms with van der Waals surface area (Å²) in [6.07, 6.45) is 1.53. The molecule has 2 rings (SSSR count). The van der Waals surface area contributed by atoms with Gasteiger partial charge in [-0.25, -0.2) is 8.42 Å². The van der Waals surface area contributed by atoms with Crippen molar-refractivity contribution in [3.8, 4) is 0 Å². The Morgan fingerprint density at radius 2 is 1.82 bits per heavy atom. The summed E-state index contributed by atoms with van der Waals surface area (Å²) in [5.41, 5.74) is 1.25. The van der Waals surface area contributed by atoms with Crippen LogP contribution in [0.1, 0.15) is 15.9 Å². The molecule has 0 spiro atoms. The van der Waals surface area contributed by atoms with Crippen molar-refractivity contribution in [2.75, 3.05) is 26.8 Å². The van der Waals surface area contributed by atoms with Gasteiger partial charge in [0.1, 0.15) is 0 Å². The molecule has 0 aromatic heterocycles. The average Bonchev–Trinajstić information content (AvgIpc) is 2.68. The van der Waals surface area contributed by atoms with Crippen molar-refractivity contribution in [1.82, 2.24) is 9.62 Å². The maximum Gasteiger partial charge on any atom is 0.251 e. The molecule has 2 aromatic carbocycles. The molecule has 0 aliphatic heterocycles. The predicted molar refractivity (Wildman–Crippen MR) is 110 cm³/mol. The fourth-order valence-electron chi connectivity index (χ4n) is 2.48. The molecular weight excluding hydrogens is 400 g/mol. The molecule has 0 radical (unpaired) electrons. The minimum Gasteiger partial charge on any atom is -0.383 e. The Morgan fingerprint density at radius 3 is 2.39 bits per heavy atom. The first-order valence-corrected chi connectivity index (χ1v) is 10.4. The van der Waals surface area contributed by atoms with E-state index in [9.17, 15) is 13.2 Å². The fourth-order valence-corrected chi connectivity index (χ4v) is 4.01. The van der Waals surface area contributed by atoms with E-state index in [2.05, 4.69) is 11.9 Å². The minimum absolute atomic E-state index is 0.155. The van der Waals surface area contributed by atoms with Crippen LogP contribution >= 0.6 is 11.6 Å². The fraction of sp³-hybridized carbons (Fsp3) is 0.250. The molecule has 1 N–H and O–H groups in total. The summed E-state index contributed by atoms with van der Waals surface area (Å²) in [7, 11) is -2.15. The molecule has 1 amide bonds. The highest BCUT2D eigenvalue weighted by Crippen LogP contribution is 2.20. The van der Waals surface area contributed by atoms with E-state index in [1.165, 1.54) is 34.6 Å². The van der Waals surface area contributed by atoms with E-state index in [1.54, 1.807) is 31.4 Å². The van der Waals surface area contributed by atoms with Gasteiger partial charge >= 0.3 is 0 Å². The number of nitrogens with zero attached hydrogens (tertiary/aromatic N) is 1. The van der Waals surface area contributed by atoms with E-state index in [0.29, 0.717) is 23.7 Å². The van der Waals surface area contributed by atoms with E-state index in [0.717, 1.165) is 5.56 Å². The summed E-state index contributed by atoms with van der Waals surface area (Å²) in [6, 6.07) is 12.8. The van der Waals surface area contributed by atoms with E-state index in [4.69, 9.17) is 16.3 Å². The molecule has 2 aromatic rings. The number of methoxy groups -OCH3 is 1. The Bertz CT molecular complexity index is 897. The van der Waals surface area contributed by atoms with Gasteiger partial charge in [0, 0.05) is 37.3 Å². The second-order valence-corrected chi connectivity index (χ2v) is 8.36. The van der Waals surface area contributed by atoms with Gasteiger partial charge in [-0.3, -0.25) is 4.79 Å². The van der Waals surface area contributed by atoms with Crippen LogP contribution in [0, 0.1) is 0 Å². The number of sulfonamides is 1. The van der Waals surface area contributed by atoms with Crippen molar-refractivity contribution < 1.29 is 17.9 Å². The first kappa shape index (κ1) is 22.1. The monoisotopic (exact) mass is 422 g/mol. The zero-order valence-electron chi connectivity index (χ0n) is 15.6. The molecule has 0 unspecified atom stereocenters. The molecule has 0 aliphatic carbocycles. The topological polar surface area (TPSA) is 75.7 Å². The summed E-state index contributed by atoms with van der Waals surface area (Å²) >= 11 is 5.85. The maximum atomic E-state index is 12.9. The third-order valence-electron chi connectivity index (χ3n) is 3.95. The molecular formula is C20H23ClN2O4S. The van der Waals surface area contributed by atoms with Crippen LogP contribution in [0.2, 0.25) is 5.02 Å².